The first kappa shape index (κ1) is 15.1. The van der Waals surface area contributed by atoms with Gasteiger partial charge in [-0.15, -0.1) is 11.3 Å². The van der Waals surface area contributed by atoms with Gasteiger partial charge in [0, 0.05) is 30.2 Å². The van der Waals surface area contributed by atoms with E-state index in [0.29, 0.717) is 12.2 Å². The Balaban J connectivity index is 1.53. The summed E-state index contributed by atoms with van der Waals surface area (Å²) in [5.41, 5.74) is 1.45. The molecule has 2 aromatic rings. The minimum absolute atomic E-state index is 0.0601. The van der Waals surface area contributed by atoms with Crippen LogP contribution in [0.2, 0.25) is 0 Å². The topological polar surface area (TPSA) is 88.0 Å². The fourth-order valence-corrected chi connectivity index (χ4v) is 3.42. The Bertz CT molecular complexity index is 631. The van der Waals surface area contributed by atoms with Crippen molar-refractivity contribution in [2.24, 2.45) is 5.92 Å². The zero-order valence-electron chi connectivity index (χ0n) is 12.1. The molecule has 1 amide bonds. The fourth-order valence-electron chi connectivity index (χ4n) is 2.64. The Labute approximate surface area is 132 Å². The molecule has 0 bridgehead atoms. The van der Waals surface area contributed by atoms with Gasteiger partial charge in [0.2, 0.25) is 5.91 Å². The van der Waals surface area contributed by atoms with E-state index >= 15 is 0 Å². The number of hydrogen-bond donors (Lipinski definition) is 2. The number of carbonyl (C=O) groups excluding carboxylic acids is 1. The molecule has 2 unspecified atom stereocenters. The molecule has 3 rings (SSSR count). The number of hydrogen-bond acceptors (Lipinski definition) is 6. The number of nitrogens with one attached hydrogen (secondary N) is 1. The van der Waals surface area contributed by atoms with E-state index in [4.69, 9.17) is 0 Å². The van der Waals surface area contributed by atoms with E-state index in [1.807, 2.05) is 5.38 Å². The lowest BCUT2D eigenvalue weighted by atomic mass is 10.1. The van der Waals surface area contributed by atoms with Crippen molar-refractivity contribution in [2.45, 2.75) is 31.8 Å². The SMILES string of the molecule is O=C(Cc1csc(-c2cnccn2)n1)NCC1CCCC1O. The summed E-state index contributed by atoms with van der Waals surface area (Å²) in [4.78, 5) is 24.6. The van der Waals surface area contributed by atoms with Crippen LogP contribution in [-0.4, -0.2) is 38.6 Å². The Hall–Kier alpha value is -1.86. The van der Waals surface area contributed by atoms with Gasteiger partial charge in [-0.3, -0.25) is 14.8 Å². The molecule has 6 nitrogen and oxygen atoms in total. The predicted octanol–water partition coefficient (Wildman–Crippen LogP) is 1.42. The Morgan fingerprint density at radius 2 is 2.32 bits per heavy atom. The lowest BCUT2D eigenvalue weighted by molar-refractivity contribution is -0.120. The zero-order valence-corrected chi connectivity index (χ0v) is 12.9. The second kappa shape index (κ2) is 6.93. The Morgan fingerprint density at radius 3 is 3.05 bits per heavy atom. The van der Waals surface area contributed by atoms with Crippen LogP contribution in [0, 0.1) is 5.92 Å². The van der Waals surface area contributed by atoms with Crippen molar-refractivity contribution in [3.63, 3.8) is 0 Å². The molecular weight excluding hydrogens is 300 g/mol. The molecular formula is C15H18N4O2S. The smallest absolute Gasteiger partial charge is 0.226 e. The van der Waals surface area contributed by atoms with Crippen molar-refractivity contribution in [3.05, 3.63) is 29.7 Å². The summed E-state index contributed by atoms with van der Waals surface area (Å²) in [7, 11) is 0. The molecule has 2 N–H and O–H groups in total. The van der Waals surface area contributed by atoms with Gasteiger partial charge in [0.05, 0.1) is 24.4 Å². The molecule has 0 spiro atoms. The maximum atomic E-state index is 12.0. The van der Waals surface area contributed by atoms with Gasteiger partial charge >= 0.3 is 0 Å². The third-order valence-electron chi connectivity index (χ3n) is 3.86. The molecule has 2 aromatic heterocycles. The van der Waals surface area contributed by atoms with Crippen molar-refractivity contribution in [3.8, 4) is 10.7 Å². The summed E-state index contributed by atoms with van der Waals surface area (Å²) in [6, 6.07) is 0. The number of thiazole rings is 1. The van der Waals surface area contributed by atoms with Gasteiger partial charge in [-0.05, 0) is 12.8 Å². The molecule has 0 radical (unpaired) electrons. The lowest BCUT2D eigenvalue weighted by Gasteiger charge is -2.14. The summed E-state index contributed by atoms with van der Waals surface area (Å²) >= 11 is 1.45. The van der Waals surface area contributed by atoms with Gasteiger partial charge in [0.15, 0.2) is 0 Å². The first-order chi connectivity index (χ1) is 10.7. The fraction of sp³-hybridized carbons (Fsp3) is 0.467. The maximum absolute atomic E-state index is 12.0. The number of carbonyl (C=O) groups is 1. The van der Waals surface area contributed by atoms with Gasteiger partial charge < -0.3 is 10.4 Å². The van der Waals surface area contributed by atoms with Crippen LogP contribution in [0.1, 0.15) is 25.0 Å². The molecule has 0 aromatic carbocycles. The standard InChI is InChI=1S/C15H18N4O2S/c20-13-3-1-2-10(13)7-18-14(21)6-11-9-22-15(19-11)12-8-16-4-5-17-12/h4-5,8-10,13,20H,1-3,6-7H2,(H,18,21). The van der Waals surface area contributed by atoms with Crippen molar-refractivity contribution >= 4 is 17.2 Å². The van der Waals surface area contributed by atoms with Crippen LogP contribution >= 0.6 is 11.3 Å². The van der Waals surface area contributed by atoms with E-state index in [-0.39, 0.29) is 24.3 Å². The average Bonchev–Trinajstić information content (AvgIpc) is 3.15. The number of rotatable bonds is 5. The third-order valence-corrected chi connectivity index (χ3v) is 4.77. The van der Waals surface area contributed by atoms with Crippen LogP contribution in [0.4, 0.5) is 0 Å². The van der Waals surface area contributed by atoms with Crippen molar-refractivity contribution in [1.82, 2.24) is 20.3 Å². The van der Waals surface area contributed by atoms with E-state index in [9.17, 15) is 9.90 Å². The third kappa shape index (κ3) is 3.66. The minimum Gasteiger partial charge on any atom is -0.393 e. The van der Waals surface area contributed by atoms with Crippen molar-refractivity contribution in [2.75, 3.05) is 6.54 Å². The van der Waals surface area contributed by atoms with Gasteiger partial charge in [-0.1, -0.05) is 6.42 Å². The second-order valence-corrected chi connectivity index (χ2v) is 6.33. The number of aliphatic hydroxyl groups excluding tert-OH is 1. The number of aliphatic hydroxyl groups is 1. The van der Waals surface area contributed by atoms with Gasteiger partial charge in [0.1, 0.15) is 10.7 Å². The highest BCUT2D eigenvalue weighted by Gasteiger charge is 2.25. The molecule has 1 saturated carbocycles. The quantitative estimate of drug-likeness (QED) is 0.870. The van der Waals surface area contributed by atoms with Crippen LogP contribution < -0.4 is 5.32 Å². The first-order valence-corrected chi connectivity index (χ1v) is 8.26. The lowest BCUT2D eigenvalue weighted by Crippen LogP contribution is -2.33. The largest absolute Gasteiger partial charge is 0.393 e. The monoisotopic (exact) mass is 318 g/mol. The molecule has 22 heavy (non-hydrogen) atoms. The summed E-state index contributed by atoms with van der Waals surface area (Å²) in [5, 5.41) is 15.3. The van der Waals surface area contributed by atoms with E-state index < -0.39 is 0 Å². The van der Waals surface area contributed by atoms with E-state index in [0.717, 1.165) is 30.0 Å². The summed E-state index contributed by atoms with van der Waals surface area (Å²) < 4.78 is 0. The Kier molecular flexibility index (Phi) is 4.74. The summed E-state index contributed by atoms with van der Waals surface area (Å²) in [5.74, 6) is 0.129. The second-order valence-electron chi connectivity index (χ2n) is 5.47. The first-order valence-electron chi connectivity index (χ1n) is 7.38. The maximum Gasteiger partial charge on any atom is 0.226 e. The van der Waals surface area contributed by atoms with Crippen molar-refractivity contribution in [1.29, 1.82) is 0 Å². The number of nitrogens with zero attached hydrogens (tertiary/aromatic N) is 3. The molecule has 0 aliphatic heterocycles. The molecule has 1 aliphatic rings. The average molecular weight is 318 g/mol. The van der Waals surface area contributed by atoms with Crippen LogP contribution in [0.3, 0.4) is 0 Å². The zero-order chi connectivity index (χ0) is 15.4. The number of aromatic nitrogens is 3. The molecule has 0 saturated heterocycles. The van der Waals surface area contributed by atoms with Gasteiger partial charge in [0.25, 0.3) is 0 Å². The molecule has 7 heteroatoms. The highest BCUT2D eigenvalue weighted by atomic mass is 32.1. The van der Waals surface area contributed by atoms with E-state index in [1.165, 1.54) is 11.3 Å². The molecule has 2 heterocycles. The molecule has 2 atom stereocenters. The Morgan fingerprint density at radius 1 is 1.41 bits per heavy atom. The molecule has 116 valence electrons. The normalized spacial score (nSPS) is 21.0. The summed E-state index contributed by atoms with van der Waals surface area (Å²) in [6.07, 6.45) is 7.73. The number of amides is 1. The highest BCUT2D eigenvalue weighted by molar-refractivity contribution is 7.13. The highest BCUT2D eigenvalue weighted by Crippen LogP contribution is 2.24. The molecule has 1 fully saturated rings. The van der Waals surface area contributed by atoms with E-state index in [2.05, 4.69) is 20.3 Å². The van der Waals surface area contributed by atoms with E-state index in [1.54, 1.807) is 18.6 Å². The van der Waals surface area contributed by atoms with Crippen LogP contribution in [0.25, 0.3) is 10.7 Å². The van der Waals surface area contributed by atoms with Crippen LogP contribution in [-0.2, 0) is 11.2 Å². The van der Waals surface area contributed by atoms with Crippen LogP contribution in [0.5, 0.6) is 0 Å². The predicted molar refractivity (Wildman–Crippen MR) is 83.2 cm³/mol. The van der Waals surface area contributed by atoms with Gasteiger partial charge in [-0.25, -0.2) is 4.98 Å². The van der Waals surface area contributed by atoms with Gasteiger partial charge in [-0.2, -0.15) is 0 Å². The molecule has 1 aliphatic carbocycles. The minimum atomic E-state index is -0.275. The van der Waals surface area contributed by atoms with Crippen LogP contribution in [0.15, 0.2) is 24.0 Å². The summed E-state index contributed by atoms with van der Waals surface area (Å²) in [6.45, 7) is 0.543. The van der Waals surface area contributed by atoms with Crippen molar-refractivity contribution < 1.29 is 9.90 Å².